The van der Waals surface area contributed by atoms with Crippen molar-refractivity contribution in [1.82, 2.24) is 4.98 Å². The van der Waals surface area contributed by atoms with Crippen molar-refractivity contribution in [2.75, 3.05) is 11.9 Å². The lowest BCUT2D eigenvalue weighted by molar-refractivity contribution is 0.102. The molecule has 0 aliphatic heterocycles. The zero-order chi connectivity index (χ0) is 15.2. The highest BCUT2D eigenvalue weighted by molar-refractivity contribution is 7.15. The molecule has 2 aromatic rings. The van der Waals surface area contributed by atoms with Crippen molar-refractivity contribution in [1.29, 1.82) is 0 Å². The average Bonchev–Trinajstić information content (AvgIpc) is 2.85. The van der Waals surface area contributed by atoms with Gasteiger partial charge < -0.3 is 5.73 Å². The Morgan fingerprint density at radius 1 is 1.38 bits per heavy atom. The highest BCUT2D eigenvalue weighted by atomic mass is 32.1. The summed E-state index contributed by atoms with van der Waals surface area (Å²) in [5.74, 6) is 5.54. The molecule has 0 spiro atoms. The van der Waals surface area contributed by atoms with Gasteiger partial charge in [-0.3, -0.25) is 10.1 Å². The van der Waals surface area contributed by atoms with Gasteiger partial charge >= 0.3 is 0 Å². The molecule has 21 heavy (non-hydrogen) atoms. The van der Waals surface area contributed by atoms with Gasteiger partial charge in [-0.2, -0.15) is 0 Å². The summed E-state index contributed by atoms with van der Waals surface area (Å²) in [6.07, 6.45) is 0.868. The SMILES string of the molecule is CCc1nc(NC(=O)c2ccc(C#CCN)cc2)sc1C. The molecule has 2 rings (SSSR count). The Balaban J connectivity index is 2.09. The van der Waals surface area contributed by atoms with Crippen LogP contribution < -0.4 is 11.1 Å². The van der Waals surface area contributed by atoms with Crippen LogP contribution in [0.2, 0.25) is 0 Å². The summed E-state index contributed by atoms with van der Waals surface area (Å²) in [6, 6.07) is 7.11. The molecule has 1 aromatic carbocycles. The number of carbonyl (C=O) groups excluding carboxylic acids is 1. The topological polar surface area (TPSA) is 68.0 Å². The van der Waals surface area contributed by atoms with Crippen LogP contribution in [0.3, 0.4) is 0 Å². The third-order valence-corrected chi connectivity index (χ3v) is 3.86. The van der Waals surface area contributed by atoms with Gasteiger partial charge in [0.05, 0.1) is 12.2 Å². The molecular weight excluding hydrogens is 282 g/mol. The molecule has 4 nitrogen and oxygen atoms in total. The molecule has 0 fully saturated rings. The van der Waals surface area contributed by atoms with Crippen LogP contribution in [-0.4, -0.2) is 17.4 Å². The first-order valence-electron chi connectivity index (χ1n) is 6.70. The van der Waals surface area contributed by atoms with E-state index in [1.807, 2.05) is 19.1 Å². The molecule has 0 aliphatic carbocycles. The van der Waals surface area contributed by atoms with Crippen LogP contribution in [0.25, 0.3) is 0 Å². The van der Waals surface area contributed by atoms with Gasteiger partial charge in [0.15, 0.2) is 5.13 Å². The van der Waals surface area contributed by atoms with Crippen molar-refractivity contribution >= 4 is 22.4 Å². The summed E-state index contributed by atoms with van der Waals surface area (Å²) in [4.78, 5) is 17.7. The summed E-state index contributed by atoms with van der Waals surface area (Å²) in [6.45, 7) is 4.39. The highest BCUT2D eigenvalue weighted by Gasteiger charge is 2.10. The van der Waals surface area contributed by atoms with Gasteiger partial charge in [-0.05, 0) is 37.6 Å². The molecule has 0 aliphatic rings. The second-order valence-corrected chi connectivity index (χ2v) is 5.62. The van der Waals surface area contributed by atoms with E-state index in [1.165, 1.54) is 11.3 Å². The highest BCUT2D eigenvalue weighted by Crippen LogP contribution is 2.22. The van der Waals surface area contributed by atoms with Gasteiger partial charge in [0.25, 0.3) is 5.91 Å². The standard InChI is InChI=1S/C16H17N3OS/c1-3-14-11(2)21-16(18-14)19-15(20)13-8-6-12(7-9-13)5-4-10-17/h6-9H,3,10,17H2,1-2H3,(H,18,19,20). The van der Waals surface area contributed by atoms with Gasteiger partial charge in [-0.1, -0.05) is 18.8 Å². The van der Waals surface area contributed by atoms with E-state index in [0.29, 0.717) is 17.2 Å². The normalized spacial score (nSPS) is 9.86. The number of hydrogen-bond donors (Lipinski definition) is 2. The third-order valence-electron chi connectivity index (χ3n) is 2.93. The van der Waals surface area contributed by atoms with E-state index in [4.69, 9.17) is 5.73 Å². The number of anilines is 1. The Hall–Kier alpha value is -2.16. The first kappa shape index (κ1) is 15.2. The fourth-order valence-corrected chi connectivity index (χ4v) is 2.73. The van der Waals surface area contributed by atoms with Gasteiger partial charge in [0, 0.05) is 16.0 Å². The van der Waals surface area contributed by atoms with Crippen LogP contribution >= 0.6 is 11.3 Å². The van der Waals surface area contributed by atoms with Gasteiger partial charge in [0.2, 0.25) is 0 Å². The Labute approximate surface area is 128 Å². The summed E-state index contributed by atoms with van der Waals surface area (Å²) in [7, 11) is 0. The average molecular weight is 299 g/mol. The molecule has 3 N–H and O–H groups in total. The maximum atomic E-state index is 12.1. The lowest BCUT2D eigenvalue weighted by Gasteiger charge is -2.01. The van der Waals surface area contributed by atoms with Gasteiger partial charge in [0.1, 0.15) is 0 Å². The number of nitrogens with zero attached hydrogens (tertiary/aromatic N) is 1. The zero-order valence-corrected chi connectivity index (χ0v) is 12.9. The zero-order valence-electron chi connectivity index (χ0n) is 12.1. The second kappa shape index (κ2) is 7.02. The Morgan fingerprint density at radius 2 is 2.10 bits per heavy atom. The molecule has 0 atom stereocenters. The largest absolute Gasteiger partial charge is 0.320 e. The fourth-order valence-electron chi connectivity index (χ4n) is 1.84. The third kappa shape index (κ3) is 3.91. The van der Waals surface area contributed by atoms with Crippen molar-refractivity contribution in [3.8, 4) is 11.8 Å². The van der Waals surface area contributed by atoms with E-state index in [2.05, 4.69) is 29.1 Å². The molecule has 1 amide bonds. The van der Waals surface area contributed by atoms with Crippen molar-refractivity contribution in [3.63, 3.8) is 0 Å². The molecule has 0 saturated carbocycles. The summed E-state index contributed by atoms with van der Waals surface area (Å²) in [5.41, 5.74) is 7.78. The van der Waals surface area contributed by atoms with Crippen LogP contribution in [0.4, 0.5) is 5.13 Å². The first-order chi connectivity index (χ1) is 10.1. The maximum Gasteiger partial charge on any atom is 0.257 e. The molecule has 0 saturated heterocycles. The van der Waals surface area contributed by atoms with E-state index in [9.17, 15) is 4.79 Å². The number of rotatable bonds is 3. The van der Waals surface area contributed by atoms with E-state index < -0.39 is 0 Å². The number of aryl methyl sites for hydroxylation is 2. The van der Waals surface area contributed by atoms with Crippen LogP contribution in [0.5, 0.6) is 0 Å². The monoisotopic (exact) mass is 299 g/mol. The lowest BCUT2D eigenvalue weighted by Crippen LogP contribution is -2.11. The number of nitrogens with one attached hydrogen (secondary N) is 1. The molecule has 1 aromatic heterocycles. The minimum atomic E-state index is -0.162. The maximum absolute atomic E-state index is 12.1. The van der Waals surface area contributed by atoms with Crippen LogP contribution in [0.1, 0.15) is 33.4 Å². The lowest BCUT2D eigenvalue weighted by atomic mass is 10.1. The quantitative estimate of drug-likeness (QED) is 0.856. The van der Waals surface area contributed by atoms with Gasteiger partial charge in [-0.25, -0.2) is 4.98 Å². The summed E-state index contributed by atoms with van der Waals surface area (Å²) < 4.78 is 0. The number of amides is 1. The summed E-state index contributed by atoms with van der Waals surface area (Å²) >= 11 is 1.50. The number of carbonyl (C=O) groups is 1. The van der Waals surface area contributed by atoms with Crippen molar-refractivity contribution < 1.29 is 4.79 Å². The number of thiazole rings is 1. The first-order valence-corrected chi connectivity index (χ1v) is 7.52. The molecule has 108 valence electrons. The van der Waals surface area contributed by atoms with Gasteiger partial charge in [-0.15, -0.1) is 11.3 Å². The number of hydrogen-bond acceptors (Lipinski definition) is 4. The number of aromatic nitrogens is 1. The van der Waals surface area contributed by atoms with Crippen molar-refractivity contribution in [3.05, 3.63) is 46.0 Å². The molecular formula is C16H17N3OS. The molecule has 5 heteroatoms. The van der Waals surface area contributed by atoms with E-state index >= 15 is 0 Å². The van der Waals surface area contributed by atoms with Crippen LogP contribution in [0.15, 0.2) is 24.3 Å². The van der Waals surface area contributed by atoms with Crippen molar-refractivity contribution in [2.24, 2.45) is 5.73 Å². The summed E-state index contributed by atoms with van der Waals surface area (Å²) in [5, 5.41) is 3.47. The number of nitrogens with two attached hydrogens (primary N) is 1. The minimum Gasteiger partial charge on any atom is -0.320 e. The molecule has 0 bridgehead atoms. The molecule has 1 heterocycles. The second-order valence-electron chi connectivity index (χ2n) is 4.41. The smallest absolute Gasteiger partial charge is 0.257 e. The number of benzene rings is 1. The Kier molecular flexibility index (Phi) is 5.09. The van der Waals surface area contributed by atoms with E-state index in [0.717, 1.165) is 22.6 Å². The predicted molar refractivity (Wildman–Crippen MR) is 86.6 cm³/mol. The van der Waals surface area contributed by atoms with E-state index in [1.54, 1.807) is 12.1 Å². The van der Waals surface area contributed by atoms with Crippen molar-refractivity contribution in [2.45, 2.75) is 20.3 Å². The Morgan fingerprint density at radius 3 is 2.67 bits per heavy atom. The van der Waals surface area contributed by atoms with Crippen LogP contribution in [0, 0.1) is 18.8 Å². The van der Waals surface area contributed by atoms with E-state index in [-0.39, 0.29) is 5.91 Å². The predicted octanol–water partition coefficient (Wildman–Crippen LogP) is 2.58. The molecule has 0 radical (unpaired) electrons. The molecule has 0 unspecified atom stereocenters. The minimum absolute atomic E-state index is 0.162. The Bertz CT molecular complexity index is 693. The fraction of sp³-hybridized carbons (Fsp3) is 0.250. The van der Waals surface area contributed by atoms with Crippen LogP contribution in [-0.2, 0) is 6.42 Å².